The third kappa shape index (κ3) is 3.59. The number of esters is 1. The van der Waals surface area contributed by atoms with Crippen molar-refractivity contribution in [3.05, 3.63) is 78.0 Å². The molecule has 4 rings (SSSR count). The van der Waals surface area contributed by atoms with Crippen molar-refractivity contribution in [2.75, 3.05) is 0 Å². The van der Waals surface area contributed by atoms with E-state index >= 15 is 0 Å². The van der Waals surface area contributed by atoms with E-state index in [-0.39, 0.29) is 24.1 Å². The number of rotatable bonds is 5. The summed E-state index contributed by atoms with van der Waals surface area (Å²) >= 11 is 0. The van der Waals surface area contributed by atoms with E-state index in [1.54, 1.807) is 0 Å². The third-order valence-electron chi connectivity index (χ3n) is 3.81. The van der Waals surface area contributed by atoms with E-state index in [2.05, 4.69) is 20.3 Å². The number of aromatic nitrogens is 4. The highest BCUT2D eigenvalue weighted by Crippen LogP contribution is 2.22. The predicted molar refractivity (Wildman–Crippen MR) is 92.8 cm³/mol. The summed E-state index contributed by atoms with van der Waals surface area (Å²) in [6, 6.07) is 15.0. The van der Waals surface area contributed by atoms with E-state index in [4.69, 9.17) is 9.26 Å². The van der Waals surface area contributed by atoms with Gasteiger partial charge in [0.25, 0.3) is 5.89 Å². The van der Waals surface area contributed by atoms with Gasteiger partial charge in [-0.05, 0) is 24.3 Å². The number of carbonyl (C=O) groups excluding carboxylic acids is 1. The maximum atomic E-state index is 13.0. The maximum Gasteiger partial charge on any atom is 0.342 e. The van der Waals surface area contributed by atoms with Gasteiger partial charge in [0.1, 0.15) is 11.4 Å². The normalized spacial score (nSPS) is 10.7. The zero-order valence-electron chi connectivity index (χ0n) is 13.9. The van der Waals surface area contributed by atoms with E-state index in [0.29, 0.717) is 16.8 Å². The number of aromatic amines is 1. The van der Waals surface area contributed by atoms with Crippen molar-refractivity contribution in [1.29, 1.82) is 0 Å². The average Bonchev–Trinajstić information content (AvgIpc) is 3.37. The Morgan fingerprint density at radius 3 is 2.63 bits per heavy atom. The van der Waals surface area contributed by atoms with Crippen LogP contribution in [0.2, 0.25) is 0 Å². The molecule has 0 saturated carbocycles. The molecule has 0 fully saturated rings. The molecule has 0 unspecified atom stereocenters. The second-order valence-corrected chi connectivity index (χ2v) is 5.62. The predicted octanol–water partition coefficient (Wildman–Crippen LogP) is 3.62. The minimum Gasteiger partial charge on any atom is -0.454 e. The van der Waals surface area contributed by atoms with Crippen LogP contribution in [0.15, 0.2) is 65.3 Å². The fourth-order valence-corrected chi connectivity index (χ4v) is 2.50. The van der Waals surface area contributed by atoms with E-state index in [1.807, 2.05) is 30.3 Å². The topological polar surface area (TPSA) is 93.9 Å². The molecule has 0 radical (unpaired) electrons. The van der Waals surface area contributed by atoms with Gasteiger partial charge in [-0.3, -0.25) is 5.10 Å². The summed E-state index contributed by atoms with van der Waals surface area (Å²) in [5.74, 6) is -0.501. The lowest BCUT2D eigenvalue weighted by Crippen LogP contribution is -2.06. The third-order valence-corrected chi connectivity index (χ3v) is 3.81. The van der Waals surface area contributed by atoms with Crippen molar-refractivity contribution >= 4 is 5.97 Å². The molecule has 7 nitrogen and oxygen atoms in total. The molecule has 27 heavy (non-hydrogen) atoms. The number of benzene rings is 2. The van der Waals surface area contributed by atoms with Crippen molar-refractivity contribution in [3.63, 3.8) is 0 Å². The first-order chi connectivity index (χ1) is 13.2. The molecule has 0 aliphatic heterocycles. The van der Waals surface area contributed by atoms with Gasteiger partial charge in [-0.25, -0.2) is 9.18 Å². The highest BCUT2D eigenvalue weighted by atomic mass is 19.1. The molecule has 4 aromatic rings. The molecule has 134 valence electrons. The summed E-state index contributed by atoms with van der Waals surface area (Å²) in [5, 5.41) is 10.5. The molecular formula is C19H13FN4O3. The molecular weight excluding hydrogens is 351 g/mol. The fraction of sp³-hybridized carbons (Fsp3) is 0.0526. The minimum absolute atomic E-state index is 0.164. The Bertz CT molecular complexity index is 1060. The lowest BCUT2D eigenvalue weighted by molar-refractivity contribution is 0.0460. The van der Waals surface area contributed by atoms with E-state index in [1.165, 1.54) is 30.5 Å². The van der Waals surface area contributed by atoms with Crippen LogP contribution in [0.25, 0.3) is 22.7 Å². The van der Waals surface area contributed by atoms with E-state index < -0.39 is 5.97 Å². The molecule has 0 atom stereocenters. The molecule has 2 heterocycles. The highest BCUT2D eigenvalue weighted by molar-refractivity contribution is 5.95. The van der Waals surface area contributed by atoms with Crippen molar-refractivity contribution in [2.45, 2.75) is 6.61 Å². The molecule has 0 aliphatic carbocycles. The Hall–Kier alpha value is -3.81. The summed E-state index contributed by atoms with van der Waals surface area (Å²) in [6.07, 6.45) is 1.41. The van der Waals surface area contributed by atoms with Crippen LogP contribution in [0.1, 0.15) is 16.2 Å². The quantitative estimate of drug-likeness (QED) is 0.544. The van der Waals surface area contributed by atoms with Crippen LogP contribution in [-0.4, -0.2) is 26.3 Å². The van der Waals surface area contributed by atoms with Gasteiger partial charge in [0.15, 0.2) is 6.61 Å². The summed E-state index contributed by atoms with van der Waals surface area (Å²) < 4.78 is 23.3. The lowest BCUT2D eigenvalue weighted by Gasteiger charge is -2.03. The Morgan fingerprint density at radius 2 is 1.85 bits per heavy atom. The SMILES string of the molecule is O=C(OCc1noc(-c2ccc(F)cc2)n1)c1cn[nH]c1-c1ccccc1. The molecule has 8 heteroatoms. The zero-order valence-corrected chi connectivity index (χ0v) is 13.9. The number of H-pyrrole nitrogens is 1. The molecule has 0 aliphatic rings. The number of nitrogens with zero attached hydrogens (tertiary/aromatic N) is 3. The average molecular weight is 364 g/mol. The molecule has 2 aromatic carbocycles. The van der Waals surface area contributed by atoms with Gasteiger partial charge in [0, 0.05) is 11.1 Å². The van der Waals surface area contributed by atoms with Crippen LogP contribution < -0.4 is 0 Å². The van der Waals surface area contributed by atoms with Gasteiger partial charge in [0.2, 0.25) is 5.82 Å². The summed E-state index contributed by atoms with van der Waals surface area (Å²) in [6.45, 7) is -0.164. The first-order valence-corrected chi connectivity index (χ1v) is 8.05. The maximum absolute atomic E-state index is 13.0. The largest absolute Gasteiger partial charge is 0.454 e. The van der Waals surface area contributed by atoms with Gasteiger partial charge >= 0.3 is 5.97 Å². The fourth-order valence-electron chi connectivity index (χ4n) is 2.50. The smallest absolute Gasteiger partial charge is 0.342 e. The van der Waals surface area contributed by atoms with Crippen LogP contribution in [0.4, 0.5) is 4.39 Å². The molecule has 0 bridgehead atoms. The second kappa shape index (κ2) is 7.20. The van der Waals surface area contributed by atoms with Gasteiger partial charge in [0.05, 0.1) is 11.9 Å². The number of ether oxygens (including phenoxy) is 1. The first kappa shape index (κ1) is 16.6. The van der Waals surface area contributed by atoms with Crippen LogP contribution in [-0.2, 0) is 11.3 Å². The first-order valence-electron chi connectivity index (χ1n) is 8.05. The Balaban J connectivity index is 1.45. The van der Waals surface area contributed by atoms with Crippen LogP contribution in [0.3, 0.4) is 0 Å². The number of carbonyl (C=O) groups is 1. The van der Waals surface area contributed by atoms with Crippen molar-refractivity contribution < 1.29 is 18.4 Å². The summed E-state index contributed by atoms with van der Waals surface area (Å²) in [4.78, 5) is 16.5. The molecule has 0 spiro atoms. The van der Waals surface area contributed by atoms with Gasteiger partial charge in [-0.1, -0.05) is 35.5 Å². The second-order valence-electron chi connectivity index (χ2n) is 5.62. The van der Waals surface area contributed by atoms with Gasteiger partial charge in [-0.2, -0.15) is 10.1 Å². The monoisotopic (exact) mass is 364 g/mol. The minimum atomic E-state index is -0.560. The lowest BCUT2D eigenvalue weighted by atomic mass is 10.1. The summed E-state index contributed by atoms with van der Waals surface area (Å²) in [7, 11) is 0. The van der Waals surface area contributed by atoms with E-state index in [0.717, 1.165) is 5.56 Å². The molecule has 0 amide bonds. The van der Waals surface area contributed by atoms with Gasteiger partial charge < -0.3 is 9.26 Å². The number of hydrogen-bond donors (Lipinski definition) is 1. The Morgan fingerprint density at radius 1 is 1.07 bits per heavy atom. The van der Waals surface area contributed by atoms with Crippen molar-refractivity contribution in [2.24, 2.45) is 0 Å². The molecule has 2 aromatic heterocycles. The highest BCUT2D eigenvalue weighted by Gasteiger charge is 2.18. The number of hydrogen-bond acceptors (Lipinski definition) is 6. The van der Waals surface area contributed by atoms with Crippen molar-refractivity contribution in [3.8, 4) is 22.7 Å². The van der Waals surface area contributed by atoms with E-state index in [9.17, 15) is 9.18 Å². The number of nitrogens with one attached hydrogen (secondary N) is 1. The van der Waals surface area contributed by atoms with Crippen LogP contribution >= 0.6 is 0 Å². The van der Waals surface area contributed by atoms with Gasteiger partial charge in [-0.15, -0.1) is 0 Å². The van der Waals surface area contributed by atoms with Crippen molar-refractivity contribution in [1.82, 2.24) is 20.3 Å². The number of halogens is 1. The standard InChI is InChI=1S/C19H13FN4O3/c20-14-8-6-13(7-9-14)18-22-16(24-27-18)11-26-19(25)15-10-21-23-17(15)12-4-2-1-3-5-12/h1-10H,11H2,(H,21,23). The summed E-state index contributed by atoms with van der Waals surface area (Å²) in [5.41, 5.74) is 2.27. The van der Waals surface area contributed by atoms with Crippen LogP contribution in [0, 0.1) is 5.82 Å². The molecule has 1 N–H and O–H groups in total. The Labute approximate surface area is 152 Å². The van der Waals surface area contributed by atoms with Crippen LogP contribution in [0.5, 0.6) is 0 Å². The Kier molecular flexibility index (Phi) is 4.44. The molecule has 0 saturated heterocycles. The zero-order chi connectivity index (χ0) is 18.6.